The Labute approximate surface area is 239 Å². The molecule has 2 aromatic carbocycles. The molecule has 4 N–H and O–H groups in total. The number of aromatic nitrogens is 2. The fraction of sp³-hybridized carbons (Fsp3) is 0.280. The summed E-state index contributed by atoms with van der Waals surface area (Å²) in [6.07, 6.45) is -9.01. The number of hydrogen-bond acceptors (Lipinski definition) is 7. The first-order chi connectivity index (χ1) is 19.9. The van der Waals surface area contributed by atoms with E-state index in [9.17, 15) is 44.3 Å². The summed E-state index contributed by atoms with van der Waals surface area (Å²) >= 11 is 0. The summed E-state index contributed by atoms with van der Waals surface area (Å²) in [7, 11) is -2.31. The normalized spacial score (nSPS) is 16.8. The van der Waals surface area contributed by atoms with E-state index in [1.165, 1.54) is 37.6 Å². The van der Waals surface area contributed by atoms with E-state index in [1.807, 2.05) is 10.0 Å². The lowest BCUT2D eigenvalue weighted by molar-refractivity contribution is -0.192. The molecule has 1 aliphatic heterocycles. The van der Waals surface area contributed by atoms with E-state index < -0.39 is 51.5 Å². The van der Waals surface area contributed by atoms with E-state index in [0.29, 0.717) is 28.1 Å². The number of aromatic amines is 1. The number of nitrogens with zero attached hydrogens (tertiary/aromatic N) is 1. The first-order valence-electron chi connectivity index (χ1n) is 11.9. The number of carboxylic acids is 1. The van der Waals surface area contributed by atoms with Gasteiger partial charge in [-0.3, -0.25) is 14.3 Å². The van der Waals surface area contributed by atoms with Crippen LogP contribution in [-0.4, -0.2) is 60.7 Å². The minimum absolute atomic E-state index is 0.0632. The molecule has 1 aromatic heterocycles. The number of methoxy groups -OCH3 is 1. The molecule has 0 spiro atoms. The first-order valence-corrected chi connectivity index (χ1v) is 13.5. The number of sulfonamides is 1. The topological polar surface area (TPSA) is 168 Å². The Balaban J connectivity index is 0.000000646. The van der Waals surface area contributed by atoms with Crippen molar-refractivity contribution >= 4 is 27.8 Å². The number of carbonyl (C=O) groups excluding carboxylic acids is 2. The average molecular weight is 637 g/mol. The number of ether oxygens (including phenoxy) is 1. The van der Waals surface area contributed by atoms with Gasteiger partial charge in [-0.25, -0.2) is 18.2 Å². The molecule has 0 radical (unpaired) electrons. The molecule has 2 amide bonds. The highest BCUT2D eigenvalue weighted by molar-refractivity contribution is 7.90. The number of carbonyl (C=O) groups is 3. The van der Waals surface area contributed by atoms with Crippen LogP contribution in [0.3, 0.4) is 0 Å². The summed E-state index contributed by atoms with van der Waals surface area (Å²) in [4.78, 5) is 39.2. The Morgan fingerprint density at radius 3 is 2.09 bits per heavy atom. The van der Waals surface area contributed by atoms with E-state index >= 15 is 0 Å². The lowest BCUT2D eigenvalue weighted by atomic mass is 10.0. The van der Waals surface area contributed by atoms with Crippen LogP contribution in [0.4, 0.5) is 26.3 Å². The summed E-state index contributed by atoms with van der Waals surface area (Å²) in [6, 6.07) is 11.8. The summed E-state index contributed by atoms with van der Waals surface area (Å²) < 4.78 is 102. The van der Waals surface area contributed by atoms with Gasteiger partial charge in [0.05, 0.1) is 31.5 Å². The lowest BCUT2D eigenvalue weighted by Gasteiger charge is -2.18. The third kappa shape index (κ3) is 8.69. The van der Waals surface area contributed by atoms with Gasteiger partial charge in [0.2, 0.25) is 15.9 Å². The fourth-order valence-electron chi connectivity index (χ4n) is 3.84. The number of benzene rings is 2. The van der Waals surface area contributed by atoms with Crippen LogP contribution < -0.4 is 14.8 Å². The second-order valence-corrected chi connectivity index (χ2v) is 10.8. The third-order valence-electron chi connectivity index (χ3n) is 5.92. The maximum atomic E-state index is 13.0. The molecule has 11 nitrogen and oxygen atoms in total. The van der Waals surface area contributed by atoms with E-state index in [0.717, 1.165) is 0 Å². The monoisotopic (exact) mass is 636 g/mol. The Hall–Kier alpha value is -4.61. The molecule has 2 atom stereocenters. The van der Waals surface area contributed by atoms with Crippen LogP contribution >= 0.6 is 0 Å². The van der Waals surface area contributed by atoms with Crippen LogP contribution in [0.2, 0.25) is 0 Å². The minimum Gasteiger partial charge on any atom is -0.497 e. The van der Waals surface area contributed by atoms with Crippen LogP contribution in [0.25, 0.3) is 11.3 Å². The number of carboxylic acid groups (broad SMARTS) is 1. The van der Waals surface area contributed by atoms with Crippen molar-refractivity contribution in [3.63, 3.8) is 0 Å². The van der Waals surface area contributed by atoms with E-state index in [-0.39, 0.29) is 18.7 Å². The van der Waals surface area contributed by atoms with Crippen LogP contribution in [0.15, 0.2) is 54.7 Å². The molecule has 232 valence electrons. The highest BCUT2D eigenvalue weighted by Crippen LogP contribution is 2.31. The summed E-state index contributed by atoms with van der Waals surface area (Å²) in [5, 5.41) is 8.05. The Morgan fingerprint density at radius 1 is 1.05 bits per heavy atom. The smallest absolute Gasteiger partial charge is 0.490 e. The number of halogens is 6. The third-order valence-corrected chi connectivity index (χ3v) is 7.62. The molecule has 43 heavy (non-hydrogen) atoms. The molecule has 2 heterocycles. The van der Waals surface area contributed by atoms with Crippen molar-refractivity contribution < 1.29 is 59.0 Å². The van der Waals surface area contributed by atoms with Gasteiger partial charge in [0, 0.05) is 0 Å². The minimum atomic E-state index is -5.09. The number of alkyl halides is 6. The SMILES string of the molecule is COc1ccc(-c2cnc(C(Cc3ccc(C4CC(=O)NS4(=O)=O)cc3)NC(=O)C(F)(F)F)[nH]2)cc1.O=C(O)C(F)(F)F. The molecule has 3 aromatic rings. The number of amides is 2. The number of H-pyrrole nitrogens is 1. The predicted octanol–water partition coefficient (Wildman–Crippen LogP) is 3.57. The number of imidazole rings is 1. The summed E-state index contributed by atoms with van der Waals surface area (Å²) in [5.41, 5.74) is 2.12. The van der Waals surface area contributed by atoms with Crippen molar-refractivity contribution in [2.75, 3.05) is 7.11 Å². The molecule has 0 saturated carbocycles. The Kier molecular flexibility index (Phi) is 9.73. The molecule has 0 bridgehead atoms. The van der Waals surface area contributed by atoms with Gasteiger partial charge in [-0.2, -0.15) is 26.3 Å². The zero-order valence-corrected chi connectivity index (χ0v) is 22.6. The standard InChI is InChI=1S/C23H21F3N4O5S.C2HF3O2/c1-35-16-8-6-14(7-9-16)18-12-27-21(28-18)17(29-22(32)23(24,25)26)10-13-2-4-15(5-3-13)19-11-20(31)30-36(19,33)34;3-2(4,5)1(6)7/h2-9,12,17,19H,10-11H2,1H3,(H,27,28)(H,29,32)(H,30,31);(H,6,7). The van der Waals surface area contributed by atoms with Crippen molar-refractivity contribution in [3.8, 4) is 17.0 Å². The lowest BCUT2D eigenvalue weighted by Crippen LogP contribution is -2.40. The largest absolute Gasteiger partial charge is 0.497 e. The summed E-state index contributed by atoms with van der Waals surface area (Å²) in [5.74, 6) is -4.75. The van der Waals surface area contributed by atoms with Gasteiger partial charge in [-0.1, -0.05) is 24.3 Å². The van der Waals surface area contributed by atoms with Crippen molar-refractivity contribution in [2.24, 2.45) is 0 Å². The number of aliphatic carboxylic acids is 1. The molecule has 1 saturated heterocycles. The molecular formula is C25H22F6N4O7S. The van der Waals surface area contributed by atoms with Gasteiger partial charge in [0.15, 0.2) is 0 Å². The first kappa shape index (κ1) is 32.9. The second kappa shape index (κ2) is 12.7. The molecule has 0 aliphatic carbocycles. The second-order valence-electron chi connectivity index (χ2n) is 8.95. The molecule has 1 aliphatic rings. The van der Waals surface area contributed by atoms with Crippen LogP contribution in [-0.2, 0) is 30.8 Å². The van der Waals surface area contributed by atoms with Gasteiger partial charge in [0.25, 0.3) is 0 Å². The van der Waals surface area contributed by atoms with E-state index in [2.05, 4.69) is 9.97 Å². The van der Waals surface area contributed by atoms with Gasteiger partial charge < -0.3 is 20.1 Å². The van der Waals surface area contributed by atoms with Gasteiger partial charge in [-0.15, -0.1) is 0 Å². The van der Waals surface area contributed by atoms with Crippen LogP contribution in [0, 0.1) is 0 Å². The maximum Gasteiger partial charge on any atom is 0.490 e. The number of rotatable bonds is 7. The molecule has 1 fully saturated rings. The Morgan fingerprint density at radius 2 is 1.63 bits per heavy atom. The van der Waals surface area contributed by atoms with Gasteiger partial charge in [-0.05, 0) is 47.4 Å². The van der Waals surface area contributed by atoms with Gasteiger partial charge in [0.1, 0.15) is 16.8 Å². The summed E-state index contributed by atoms with van der Waals surface area (Å²) in [6.45, 7) is 0. The highest BCUT2D eigenvalue weighted by atomic mass is 32.2. The average Bonchev–Trinajstić information content (AvgIpc) is 3.51. The van der Waals surface area contributed by atoms with Crippen molar-refractivity contribution in [2.45, 2.75) is 36.5 Å². The van der Waals surface area contributed by atoms with Crippen LogP contribution in [0.1, 0.15) is 34.7 Å². The maximum absolute atomic E-state index is 13.0. The zero-order chi connectivity index (χ0) is 32.2. The molecule has 18 heteroatoms. The van der Waals surface area contributed by atoms with Crippen molar-refractivity contribution in [3.05, 3.63) is 71.7 Å². The molecule has 2 unspecified atom stereocenters. The van der Waals surface area contributed by atoms with E-state index in [1.54, 1.807) is 24.3 Å². The predicted molar refractivity (Wildman–Crippen MR) is 136 cm³/mol. The van der Waals surface area contributed by atoms with Crippen LogP contribution in [0.5, 0.6) is 5.75 Å². The number of nitrogens with one attached hydrogen (secondary N) is 3. The van der Waals surface area contributed by atoms with Crippen molar-refractivity contribution in [1.29, 1.82) is 0 Å². The molecular weight excluding hydrogens is 614 g/mol. The molecule has 4 rings (SSSR count). The van der Waals surface area contributed by atoms with Gasteiger partial charge >= 0.3 is 24.2 Å². The highest BCUT2D eigenvalue weighted by Gasteiger charge is 2.41. The van der Waals surface area contributed by atoms with Crippen molar-refractivity contribution in [1.82, 2.24) is 20.0 Å². The quantitative estimate of drug-likeness (QED) is 0.286. The number of hydrogen-bond donors (Lipinski definition) is 4. The Bertz CT molecular complexity index is 1570. The zero-order valence-electron chi connectivity index (χ0n) is 21.8. The van der Waals surface area contributed by atoms with E-state index in [4.69, 9.17) is 14.6 Å². The fourth-order valence-corrected chi connectivity index (χ4v) is 5.27.